The first kappa shape index (κ1) is 13.0. The molecule has 1 N–H and O–H groups in total. The summed E-state index contributed by atoms with van der Waals surface area (Å²) in [6.07, 6.45) is -4.45. The van der Waals surface area contributed by atoms with E-state index in [1.807, 2.05) is 6.07 Å². The van der Waals surface area contributed by atoms with Gasteiger partial charge >= 0.3 is 6.18 Å². The molecule has 0 aliphatic carbocycles. The molecule has 2 rings (SSSR count). The van der Waals surface area contributed by atoms with Gasteiger partial charge < -0.3 is 5.11 Å². The van der Waals surface area contributed by atoms with E-state index in [9.17, 15) is 18.3 Å². The Labute approximate surface area is 107 Å². The standard InChI is InChI=1S/C14H8F3NO/c15-14(16,17)11-3-1-2-10(7-11)12-6-9(8-18)4-5-13(12)19/h1-7,19H. The molecule has 0 fully saturated rings. The van der Waals surface area contributed by atoms with Gasteiger partial charge in [0.1, 0.15) is 5.75 Å². The number of phenolic OH excluding ortho intramolecular Hbond substituents is 1. The van der Waals surface area contributed by atoms with Gasteiger partial charge in [-0.2, -0.15) is 18.4 Å². The molecule has 0 saturated carbocycles. The molecule has 0 unspecified atom stereocenters. The second-order valence-electron chi connectivity index (χ2n) is 3.92. The Morgan fingerprint density at radius 1 is 1.05 bits per heavy atom. The van der Waals surface area contributed by atoms with Crippen LogP contribution in [0.1, 0.15) is 11.1 Å². The molecular formula is C14H8F3NO. The summed E-state index contributed by atoms with van der Waals surface area (Å²) in [5.41, 5.74) is -0.119. The van der Waals surface area contributed by atoms with E-state index in [0.29, 0.717) is 0 Å². The number of hydrogen-bond donors (Lipinski definition) is 1. The molecule has 5 heteroatoms. The summed E-state index contributed by atoms with van der Waals surface area (Å²) in [5.74, 6) is -0.168. The first-order chi connectivity index (χ1) is 8.91. The number of aromatic hydroxyl groups is 1. The van der Waals surface area contributed by atoms with E-state index in [1.165, 1.54) is 30.3 Å². The van der Waals surface area contributed by atoms with Crippen molar-refractivity contribution in [2.75, 3.05) is 0 Å². The van der Waals surface area contributed by atoms with Crippen LogP contribution in [0.5, 0.6) is 5.75 Å². The van der Waals surface area contributed by atoms with Gasteiger partial charge in [-0.25, -0.2) is 0 Å². The van der Waals surface area contributed by atoms with Gasteiger partial charge in [-0.1, -0.05) is 12.1 Å². The number of hydrogen-bond acceptors (Lipinski definition) is 2. The topological polar surface area (TPSA) is 44.0 Å². The fourth-order valence-electron chi connectivity index (χ4n) is 1.70. The van der Waals surface area contributed by atoms with Crippen LogP contribution in [0.2, 0.25) is 0 Å². The maximum atomic E-state index is 12.6. The molecule has 0 aromatic heterocycles. The molecule has 96 valence electrons. The predicted molar refractivity (Wildman–Crippen MR) is 63.3 cm³/mol. The first-order valence-electron chi connectivity index (χ1n) is 5.32. The fourth-order valence-corrected chi connectivity index (χ4v) is 1.70. The number of halogens is 3. The maximum Gasteiger partial charge on any atom is 0.416 e. The Hall–Kier alpha value is -2.48. The van der Waals surface area contributed by atoms with E-state index < -0.39 is 11.7 Å². The van der Waals surface area contributed by atoms with Crippen LogP contribution in [-0.2, 0) is 6.18 Å². The van der Waals surface area contributed by atoms with Gasteiger partial charge in [0.15, 0.2) is 0 Å². The SMILES string of the molecule is N#Cc1ccc(O)c(-c2cccc(C(F)(F)F)c2)c1. The Balaban J connectivity index is 2.57. The Bertz CT molecular complexity index is 656. The van der Waals surface area contributed by atoms with E-state index in [0.717, 1.165) is 12.1 Å². The summed E-state index contributed by atoms with van der Waals surface area (Å²) in [4.78, 5) is 0. The molecule has 0 bridgehead atoms. The van der Waals surface area contributed by atoms with Crippen LogP contribution in [-0.4, -0.2) is 5.11 Å². The molecule has 0 aliphatic rings. The molecular weight excluding hydrogens is 255 g/mol. The lowest BCUT2D eigenvalue weighted by molar-refractivity contribution is -0.137. The molecule has 2 aromatic carbocycles. The van der Waals surface area contributed by atoms with E-state index in [-0.39, 0.29) is 22.4 Å². The van der Waals surface area contributed by atoms with Gasteiger partial charge in [0.2, 0.25) is 0 Å². The lowest BCUT2D eigenvalue weighted by Gasteiger charge is -2.10. The van der Waals surface area contributed by atoms with Crippen LogP contribution in [0.15, 0.2) is 42.5 Å². The summed E-state index contributed by atoms with van der Waals surface area (Å²) in [7, 11) is 0. The van der Waals surface area contributed by atoms with Crippen molar-refractivity contribution in [3.8, 4) is 22.9 Å². The molecule has 0 heterocycles. The van der Waals surface area contributed by atoms with Crippen molar-refractivity contribution in [1.29, 1.82) is 5.26 Å². The third-order valence-corrected chi connectivity index (χ3v) is 2.63. The third kappa shape index (κ3) is 2.68. The monoisotopic (exact) mass is 263 g/mol. The van der Waals surface area contributed by atoms with Crippen LogP contribution in [0.3, 0.4) is 0 Å². The predicted octanol–water partition coefficient (Wildman–Crippen LogP) is 3.95. The Morgan fingerprint density at radius 3 is 2.42 bits per heavy atom. The molecule has 0 radical (unpaired) electrons. The van der Waals surface area contributed by atoms with Gasteiger partial charge in [-0.15, -0.1) is 0 Å². The Kier molecular flexibility index (Phi) is 3.17. The van der Waals surface area contributed by atoms with Crippen LogP contribution in [0.25, 0.3) is 11.1 Å². The average molecular weight is 263 g/mol. The molecule has 2 nitrogen and oxygen atoms in total. The van der Waals surface area contributed by atoms with Crippen molar-refractivity contribution in [2.24, 2.45) is 0 Å². The normalized spacial score (nSPS) is 11.1. The summed E-state index contributed by atoms with van der Waals surface area (Å²) < 4.78 is 37.8. The zero-order valence-corrected chi connectivity index (χ0v) is 9.57. The molecule has 0 atom stereocenters. The average Bonchev–Trinajstić information content (AvgIpc) is 2.38. The van der Waals surface area contributed by atoms with Crippen LogP contribution >= 0.6 is 0 Å². The highest BCUT2D eigenvalue weighted by atomic mass is 19.4. The highest BCUT2D eigenvalue weighted by Gasteiger charge is 2.30. The molecule has 0 amide bonds. The summed E-state index contributed by atoms with van der Waals surface area (Å²) in [5, 5.41) is 18.5. The van der Waals surface area contributed by atoms with E-state index >= 15 is 0 Å². The molecule has 0 spiro atoms. The number of nitrogens with zero attached hydrogens (tertiary/aromatic N) is 1. The molecule has 19 heavy (non-hydrogen) atoms. The molecule has 0 aliphatic heterocycles. The minimum absolute atomic E-state index is 0.168. The minimum atomic E-state index is -4.45. The largest absolute Gasteiger partial charge is 0.507 e. The fraction of sp³-hybridized carbons (Fsp3) is 0.0714. The second-order valence-corrected chi connectivity index (χ2v) is 3.92. The quantitative estimate of drug-likeness (QED) is 0.846. The maximum absolute atomic E-state index is 12.6. The van der Waals surface area contributed by atoms with Gasteiger partial charge in [-0.3, -0.25) is 0 Å². The number of alkyl halides is 3. The number of rotatable bonds is 1. The Morgan fingerprint density at radius 2 is 1.79 bits per heavy atom. The lowest BCUT2D eigenvalue weighted by atomic mass is 10.00. The van der Waals surface area contributed by atoms with E-state index in [2.05, 4.69) is 0 Å². The van der Waals surface area contributed by atoms with E-state index in [4.69, 9.17) is 5.26 Å². The van der Waals surface area contributed by atoms with Crippen molar-refractivity contribution in [3.63, 3.8) is 0 Å². The highest BCUT2D eigenvalue weighted by molar-refractivity contribution is 5.72. The van der Waals surface area contributed by atoms with Crippen molar-refractivity contribution in [1.82, 2.24) is 0 Å². The number of nitriles is 1. The van der Waals surface area contributed by atoms with Gasteiger partial charge in [0, 0.05) is 5.56 Å². The molecule has 2 aromatic rings. The summed E-state index contributed by atoms with van der Waals surface area (Å²) in [6.45, 7) is 0. The second kappa shape index (κ2) is 4.65. The van der Waals surface area contributed by atoms with Gasteiger partial charge in [0.25, 0.3) is 0 Å². The smallest absolute Gasteiger partial charge is 0.416 e. The number of benzene rings is 2. The number of phenols is 1. The first-order valence-corrected chi connectivity index (χ1v) is 5.32. The van der Waals surface area contributed by atoms with Crippen molar-refractivity contribution < 1.29 is 18.3 Å². The third-order valence-electron chi connectivity index (χ3n) is 2.63. The summed E-state index contributed by atoms with van der Waals surface area (Å²) >= 11 is 0. The lowest BCUT2D eigenvalue weighted by Crippen LogP contribution is -2.04. The van der Waals surface area contributed by atoms with Crippen LogP contribution in [0.4, 0.5) is 13.2 Å². The van der Waals surface area contributed by atoms with Gasteiger partial charge in [0.05, 0.1) is 17.2 Å². The van der Waals surface area contributed by atoms with Crippen molar-refractivity contribution >= 4 is 0 Å². The minimum Gasteiger partial charge on any atom is -0.507 e. The van der Waals surface area contributed by atoms with E-state index in [1.54, 1.807) is 0 Å². The highest BCUT2D eigenvalue weighted by Crippen LogP contribution is 2.35. The van der Waals surface area contributed by atoms with Crippen molar-refractivity contribution in [2.45, 2.75) is 6.18 Å². The van der Waals surface area contributed by atoms with Crippen LogP contribution < -0.4 is 0 Å². The van der Waals surface area contributed by atoms with Gasteiger partial charge in [-0.05, 0) is 35.9 Å². The summed E-state index contributed by atoms with van der Waals surface area (Å²) in [6, 6.07) is 10.5. The van der Waals surface area contributed by atoms with Crippen LogP contribution in [0, 0.1) is 11.3 Å². The zero-order chi connectivity index (χ0) is 14.0. The zero-order valence-electron chi connectivity index (χ0n) is 9.57. The molecule has 0 saturated heterocycles. The van der Waals surface area contributed by atoms with Crippen molar-refractivity contribution in [3.05, 3.63) is 53.6 Å².